The summed E-state index contributed by atoms with van der Waals surface area (Å²) in [6, 6.07) is 19.2. The van der Waals surface area contributed by atoms with Crippen molar-refractivity contribution in [2.75, 3.05) is 19.3 Å². The molecule has 1 fully saturated rings. The summed E-state index contributed by atoms with van der Waals surface area (Å²) in [6.07, 6.45) is 1.57. The molecule has 1 aromatic heterocycles. The molecule has 1 N–H and O–H groups in total. The highest BCUT2D eigenvalue weighted by Gasteiger charge is 2.31. The quantitative estimate of drug-likeness (QED) is 0.718. The highest BCUT2D eigenvalue weighted by molar-refractivity contribution is 7.90. The van der Waals surface area contributed by atoms with Gasteiger partial charge in [0.25, 0.3) is 0 Å². The number of aliphatic hydroxyl groups excluding tert-OH is 1. The van der Waals surface area contributed by atoms with E-state index in [4.69, 9.17) is 4.98 Å². The second kappa shape index (κ2) is 7.62. The van der Waals surface area contributed by atoms with Crippen LogP contribution in [0.1, 0.15) is 11.3 Å². The van der Waals surface area contributed by atoms with Crippen LogP contribution in [0.25, 0.3) is 10.9 Å². The minimum atomic E-state index is -3.18. The number of sulfone groups is 1. The molecule has 0 amide bonds. The number of aromatic nitrogens is 1. The summed E-state index contributed by atoms with van der Waals surface area (Å²) in [5.41, 5.74) is 3.03. The number of benzene rings is 2. The van der Waals surface area contributed by atoms with Gasteiger partial charge in [-0.3, -0.25) is 9.88 Å². The third-order valence-corrected chi connectivity index (χ3v) is 6.50. The first-order valence-corrected chi connectivity index (χ1v) is 11.3. The Hall–Kier alpha value is -2.28. The molecule has 1 saturated heterocycles. The Labute approximate surface area is 165 Å². The van der Waals surface area contributed by atoms with Crippen molar-refractivity contribution in [3.63, 3.8) is 0 Å². The fraction of sp³-hybridized carbons (Fsp3) is 0.318. The molecule has 146 valence electrons. The summed E-state index contributed by atoms with van der Waals surface area (Å²) in [6.45, 7) is 2.11. The molecule has 6 heteroatoms. The number of β-amino-alcohol motifs (C(OH)–C–C–N with tert-alkyl or cyclic N) is 1. The summed E-state index contributed by atoms with van der Waals surface area (Å²) in [4.78, 5) is 7.27. The molecule has 1 aliphatic heterocycles. The molecule has 1 aliphatic rings. The van der Waals surface area contributed by atoms with Crippen molar-refractivity contribution < 1.29 is 13.5 Å². The van der Waals surface area contributed by atoms with Gasteiger partial charge in [-0.05, 0) is 36.2 Å². The fourth-order valence-corrected chi connectivity index (χ4v) is 4.49. The molecule has 0 saturated carbocycles. The number of likely N-dealkylation sites (tertiary alicyclic amines) is 1. The monoisotopic (exact) mass is 396 g/mol. The fourth-order valence-electron chi connectivity index (χ4n) is 3.86. The summed E-state index contributed by atoms with van der Waals surface area (Å²) >= 11 is 0. The van der Waals surface area contributed by atoms with Gasteiger partial charge in [0, 0.05) is 42.9 Å². The molecule has 28 heavy (non-hydrogen) atoms. The Morgan fingerprint density at radius 1 is 1.04 bits per heavy atom. The lowest BCUT2D eigenvalue weighted by molar-refractivity contribution is 0.140. The molecule has 2 atom stereocenters. The average molecular weight is 397 g/mol. The van der Waals surface area contributed by atoms with Crippen LogP contribution >= 0.6 is 0 Å². The molecule has 3 aromatic rings. The van der Waals surface area contributed by atoms with Crippen LogP contribution in [-0.4, -0.2) is 48.9 Å². The first kappa shape index (κ1) is 19.1. The van der Waals surface area contributed by atoms with Crippen LogP contribution in [0.4, 0.5) is 0 Å². The maximum Gasteiger partial charge on any atom is 0.175 e. The van der Waals surface area contributed by atoms with Crippen LogP contribution in [0.3, 0.4) is 0 Å². The third-order valence-electron chi connectivity index (χ3n) is 5.37. The van der Waals surface area contributed by atoms with Gasteiger partial charge in [-0.25, -0.2) is 8.42 Å². The summed E-state index contributed by atoms with van der Waals surface area (Å²) in [5.74, 6) is 0.143. The number of rotatable bonds is 5. The predicted octanol–water partition coefficient (Wildman–Crippen LogP) is 2.67. The van der Waals surface area contributed by atoms with Gasteiger partial charge in [-0.15, -0.1) is 0 Å². The molecule has 0 bridgehead atoms. The average Bonchev–Trinajstić information content (AvgIpc) is 3.00. The molecule has 5 nitrogen and oxygen atoms in total. The van der Waals surface area contributed by atoms with Gasteiger partial charge in [0.15, 0.2) is 9.84 Å². The van der Waals surface area contributed by atoms with Crippen LogP contribution in [0, 0.1) is 5.92 Å². The van der Waals surface area contributed by atoms with Crippen LogP contribution in [0.5, 0.6) is 0 Å². The van der Waals surface area contributed by atoms with Crippen LogP contribution in [-0.2, 0) is 22.8 Å². The number of pyridine rings is 1. The molecule has 0 unspecified atom stereocenters. The Bertz CT molecular complexity index is 1080. The number of nitrogens with zero attached hydrogens (tertiary/aromatic N) is 2. The standard InChI is InChI=1S/C22H24N2O3S/c1-28(26,27)20-10-6-16(7-11-20)13-24-14-18(22(25)15-24)12-19-9-8-17-4-2-3-5-21(17)23-19/h2-11,18,22,25H,12-15H2,1H3/t18-,22-/m1/s1. The van der Waals surface area contributed by atoms with Crippen molar-refractivity contribution in [2.24, 2.45) is 5.92 Å². The number of para-hydroxylation sites is 1. The SMILES string of the molecule is CS(=O)(=O)c1ccc(CN2C[C@@H](Cc3ccc4ccccc4n3)[C@H](O)C2)cc1. The lowest BCUT2D eigenvalue weighted by atomic mass is 9.99. The molecule has 2 aromatic carbocycles. The van der Waals surface area contributed by atoms with E-state index >= 15 is 0 Å². The Morgan fingerprint density at radius 3 is 2.54 bits per heavy atom. The van der Waals surface area contributed by atoms with E-state index in [-0.39, 0.29) is 12.0 Å². The Balaban J connectivity index is 1.41. The van der Waals surface area contributed by atoms with E-state index in [0.29, 0.717) is 18.0 Å². The van der Waals surface area contributed by atoms with Gasteiger partial charge in [-0.2, -0.15) is 0 Å². The Kier molecular flexibility index (Phi) is 5.19. The topological polar surface area (TPSA) is 70.5 Å². The van der Waals surface area contributed by atoms with Gasteiger partial charge in [0.2, 0.25) is 0 Å². The predicted molar refractivity (Wildman–Crippen MR) is 110 cm³/mol. The Morgan fingerprint density at radius 2 is 1.79 bits per heavy atom. The van der Waals surface area contributed by atoms with Crippen LogP contribution in [0.15, 0.2) is 65.6 Å². The smallest absolute Gasteiger partial charge is 0.175 e. The van der Waals surface area contributed by atoms with Crippen molar-refractivity contribution in [1.82, 2.24) is 9.88 Å². The van der Waals surface area contributed by atoms with Crippen LogP contribution < -0.4 is 0 Å². The first-order valence-electron chi connectivity index (χ1n) is 9.42. The number of hydrogen-bond donors (Lipinski definition) is 1. The van der Waals surface area contributed by atoms with E-state index in [1.54, 1.807) is 12.1 Å². The second-order valence-corrected chi connectivity index (χ2v) is 9.65. The second-order valence-electron chi connectivity index (χ2n) is 7.64. The van der Waals surface area contributed by atoms with Crippen molar-refractivity contribution >= 4 is 20.7 Å². The van der Waals surface area contributed by atoms with Gasteiger partial charge >= 0.3 is 0 Å². The molecular formula is C22H24N2O3S. The van der Waals surface area contributed by atoms with Crippen molar-refractivity contribution in [2.45, 2.75) is 24.0 Å². The number of aliphatic hydroxyl groups is 1. The zero-order valence-corrected chi connectivity index (χ0v) is 16.6. The van der Waals surface area contributed by atoms with Gasteiger partial charge in [0.1, 0.15) is 0 Å². The first-order chi connectivity index (χ1) is 13.4. The summed E-state index contributed by atoms with van der Waals surface area (Å²) in [5, 5.41) is 11.6. The van der Waals surface area contributed by atoms with Crippen molar-refractivity contribution in [3.8, 4) is 0 Å². The van der Waals surface area contributed by atoms with E-state index in [9.17, 15) is 13.5 Å². The van der Waals surface area contributed by atoms with E-state index < -0.39 is 9.84 Å². The van der Waals surface area contributed by atoms with Gasteiger partial charge < -0.3 is 5.11 Å². The normalized spacial score (nSPS) is 20.6. The minimum Gasteiger partial charge on any atom is -0.391 e. The minimum absolute atomic E-state index is 0.143. The van der Waals surface area contributed by atoms with Crippen molar-refractivity contribution in [1.29, 1.82) is 0 Å². The summed E-state index contributed by atoms with van der Waals surface area (Å²) in [7, 11) is -3.18. The molecule has 0 spiro atoms. The largest absolute Gasteiger partial charge is 0.391 e. The lowest BCUT2D eigenvalue weighted by Crippen LogP contribution is -2.21. The van der Waals surface area contributed by atoms with E-state index in [1.807, 2.05) is 42.5 Å². The van der Waals surface area contributed by atoms with Gasteiger partial charge in [-0.1, -0.05) is 36.4 Å². The highest BCUT2D eigenvalue weighted by Crippen LogP contribution is 2.24. The third kappa shape index (κ3) is 4.24. The van der Waals surface area contributed by atoms with Gasteiger partial charge in [0.05, 0.1) is 16.5 Å². The number of hydrogen-bond acceptors (Lipinski definition) is 5. The maximum atomic E-state index is 11.6. The van der Waals surface area contributed by atoms with E-state index in [0.717, 1.165) is 35.1 Å². The molecule has 0 aliphatic carbocycles. The number of fused-ring (bicyclic) bond motifs is 1. The van der Waals surface area contributed by atoms with Crippen LogP contribution in [0.2, 0.25) is 0 Å². The zero-order chi connectivity index (χ0) is 19.7. The van der Waals surface area contributed by atoms with Crippen molar-refractivity contribution in [3.05, 3.63) is 71.9 Å². The zero-order valence-electron chi connectivity index (χ0n) is 15.8. The van der Waals surface area contributed by atoms with E-state index in [2.05, 4.69) is 11.0 Å². The molecule has 2 heterocycles. The van der Waals surface area contributed by atoms with E-state index in [1.165, 1.54) is 6.26 Å². The lowest BCUT2D eigenvalue weighted by Gasteiger charge is -2.16. The molecular weight excluding hydrogens is 372 g/mol. The molecule has 0 radical (unpaired) electrons. The maximum absolute atomic E-state index is 11.6. The molecule has 4 rings (SSSR count). The summed E-state index contributed by atoms with van der Waals surface area (Å²) < 4.78 is 23.2. The highest BCUT2D eigenvalue weighted by atomic mass is 32.2.